The lowest BCUT2D eigenvalue weighted by Crippen LogP contribution is -2.39. The number of rotatable bonds is 6. The number of hydrogen-bond acceptors (Lipinski definition) is 2. The summed E-state index contributed by atoms with van der Waals surface area (Å²) in [4.78, 5) is 2.63. The monoisotopic (exact) mass is 289 g/mol. The van der Waals surface area contributed by atoms with Gasteiger partial charge in [0, 0.05) is 13.1 Å². The lowest BCUT2D eigenvalue weighted by Gasteiger charge is -2.34. The maximum atomic E-state index is 5.90. The Labute approximate surface area is 130 Å². The quantitative estimate of drug-likeness (QED) is 0.718. The molecule has 1 heterocycles. The Balaban J connectivity index is 1.63. The second kappa shape index (κ2) is 7.84. The van der Waals surface area contributed by atoms with E-state index >= 15 is 0 Å². The van der Waals surface area contributed by atoms with Gasteiger partial charge in [-0.2, -0.15) is 0 Å². The van der Waals surface area contributed by atoms with Gasteiger partial charge < -0.3 is 9.64 Å². The minimum Gasteiger partial charge on any atom is -0.493 e. The molecule has 2 nitrogen and oxygen atoms in total. The number of ether oxygens (including phenoxy) is 1. The summed E-state index contributed by atoms with van der Waals surface area (Å²) in [5, 5.41) is 0. The second-order valence-electron chi connectivity index (χ2n) is 7.03. The molecule has 0 aliphatic carbocycles. The summed E-state index contributed by atoms with van der Waals surface area (Å²) in [6.45, 7) is 13.6. The predicted molar refractivity (Wildman–Crippen MR) is 90.0 cm³/mol. The van der Waals surface area contributed by atoms with E-state index in [1.807, 2.05) is 0 Å². The van der Waals surface area contributed by atoms with Gasteiger partial charge in [0.15, 0.2) is 0 Å². The van der Waals surface area contributed by atoms with Crippen LogP contribution in [0.2, 0.25) is 0 Å². The molecule has 1 aromatic carbocycles. The Bertz CT molecular complexity index is 433. The predicted octanol–water partition coefficient (Wildman–Crippen LogP) is 4.44. The molecule has 1 aliphatic heterocycles. The van der Waals surface area contributed by atoms with Gasteiger partial charge in [0.25, 0.3) is 0 Å². The van der Waals surface area contributed by atoms with Gasteiger partial charge in [-0.15, -0.1) is 0 Å². The Morgan fingerprint density at radius 2 is 1.81 bits per heavy atom. The van der Waals surface area contributed by atoms with E-state index in [0.717, 1.165) is 30.6 Å². The molecular formula is C19H31NO. The van der Waals surface area contributed by atoms with Gasteiger partial charge in [0.05, 0.1) is 6.61 Å². The Morgan fingerprint density at radius 3 is 2.48 bits per heavy atom. The lowest BCUT2D eigenvalue weighted by atomic mass is 9.92. The van der Waals surface area contributed by atoms with Crippen LogP contribution in [0.1, 0.15) is 44.2 Å². The number of nitrogens with zero attached hydrogens (tertiary/aromatic N) is 1. The molecule has 0 N–H and O–H groups in total. The fourth-order valence-electron chi connectivity index (χ4n) is 3.56. The van der Waals surface area contributed by atoms with E-state index in [0.29, 0.717) is 0 Å². The van der Waals surface area contributed by atoms with Crippen LogP contribution in [0, 0.1) is 25.7 Å². The Hall–Kier alpha value is -1.02. The average Bonchev–Trinajstić information content (AvgIpc) is 2.39. The number of aryl methyl sites for hydroxylation is 2. The third-order valence-electron chi connectivity index (χ3n) is 4.40. The molecule has 0 bridgehead atoms. The number of piperidine rings is 1. The summed E-state index contributed by atoms with van der Waals surface area (Å²) in [6.07, 6.45) is 3.78. The van der Waals surface area contributed by atoms with Crippen molar-refractivity contribution in [2.75, 3.05) is 26.2 Å². The maximum Gasteiger partial charge on any atom is 0.122 e. The van der Waals surface area contributed by atoms with E-state index in [2.05, 4.69) is 50.8 Å². The van der Waals surface area contributed by atoms with Crippen LogP contribution in [-0.2, 0) is 0 Å². The molecule has 0 amide bonds. The topological polar surface area (TPSA) is 12.5 Å². The first kappa shape index (κ1) is 16.4. The first-order valence-corrected chi connectivity index (χ1v) is 8.47. The minimum absolute atomic E-state index is 0.836. The van der Waals surface area contributed by atoms with Crippen LogP contribution in [0.3, 0.4) is 0 Å². The third kappa shape index (κ3) is 5.35. The highest BCUT2D eigenvalue weighted by Gasteiger charge is 2.20. The molecule has 0 unspecified atom stereocenters. The van der Waals surface area contributed by atoms with Crippen molar-refractivity contribution in [3.8, 4) is 5.75 Å². The van der Waals surface area contributed by atoms with E-state index < -0.39 is 0 Å². The summed E-state index contributed by atoms with van der Waals surface area (Å²) in [7, 11) is 0. The average molecular weight is 289 g/mol. The van der Waals surface area contributed by atoms with E-state index in [9.17, 15) is 0 Å². The molecule has 21 heavy (non-hydrogen) atoms. The molecule has 0 saturated carbocycles. The van der Waals surface area contributed by atoms with Crippen LogP contribution in [-0.4, -0.2) is 31.1 Å². The summed E-state index contributed by atoms with van der Waals surface area (Å²) in [5.41, 5.74) is 2.54. The zero-order chi connectivity index (χ0) is 15.2. The Morgan fingerprint density at radius 1 is 1.10 bits per heavy atom. The van der Waals surface area contributed by atoms with E-state index in [4.69, 9.17) is 4.74 Å². The fourth-order valence-corrected chi connectivity index (χ4v) is 3.56. The number of hydrogen-bond donors (Lipinski definition) is 0. The zero-order valence-electron chi connectivity index (χ0n) is 14.2. The normalized spacial score (nSPS) is 23.2. The van der Waals surface area contributed by atoms with Crippen LogP contribution >= 0.6 is 0 Å². The first-order chi connectivity index (χ1) is 10.0. The van der Waals surface area contributed by atoms with Gasteiger partial charge in [-0.05, 0) is 63.1 Å². The van der Waals surface area contributed by atoms with Gasteiger partial charge in [0.2, 0.25) is 0 Å². The van der Waals surface area contributed by atoms with Gasteiger partial charge >= 0.3 is 0 Å². The molecule has 1 fully saturated rings. The molecule has 2 atom stereocenters. The minimum atomic E-state index is 0.836. The van der Waals surface area contributed by atoms with Crippen molar-refractivity contribution in [1.82, 2.24) is 4.90 Å². The summed E-state index contributed by atoms with van der Waals surface area (Å²) in [5.74, 6) is 2.77. The molecule has 1 aliphatic rings. The molecule has 118 valence electrons. The molecule has 1 saturated heterocycles. The van der Waals surface area contributed by atoms with Gasteiger partial charge in [-0.25, -0.2) is 0 Å². The maximum absolute atomic E-state index is 5.90. The van der Waals surface area contributed by atoms with Crippen LogP contribution < -0.4 is 4.74 Å². The molecule has 0 radical (unpaired) electrons. The second-order valence-corrected chi connectivity index (χ2v) is 7.03. The molecule has 2 rings (SSSR count). The van der Waals surface area contributed by atoms with Crippen molar-refractivity contribution < 1.29 is 4.74 Å². The standard InChI is InChI=1S/C19H31NO/c1-15-7-8-19(18(4)12-15)21-10-6-5-9-20-13-16(2)11-17(3)14-20/h7-8,12,16-17H,5-6,9-11,13-14H2,1-4H3/t16-,17+. The van der Waals surface area contributed by atoms with Crippen LogP contribution in [0.4, 0.5) is 0 Å². The van der Waals surface area contributed by atoms with E-state index in [1.165, 1.54) is 43.6 Å². The number of likely N-dealkylation sites (tertiary alicyclic amines) is 1. The number of benzene rings is 1. The SMILES string of the molecule is Cc1ccc(OCCCCN2C[C@H](C)C[C@H](C)C2)c(C)c1. The molecule has 1 aromatic rings. The highest BCUT2D eigenvalue weighted by atomic mass is 16.5. The van der Waals surface area contributed by atoms with Gasteiger partial charge in [-0.1, -0.05) is 31.5 Å². The van der Waals surface area contributed by atoms with Crippen molar-refractivity contribution >= 4 is 0 Å². The smallest absolute Gasteiger partial charge is 0.122 e. The molecule has 2 heteroatoms. The highest BCUT2D eigenvalue weighted by Crippen LogP contribution is 2.21. The molecular weight excluding hydrogens is 258 g/mol. The van der Waals surface area contributed by atoms with E-state index in [-0.39, 0.29) is 0 Å². The van der Waals surface area contributed by atoms with Crippen molar-refractivity contribution in [2.24, 2.45) is 11.8 Å². The lowest BCUT2D eigenvalue weighted by molar-refractivity contribution is 0.136. The van der Waals surface area contributed by atoms with Gasteiger partial charge in [-0.3, -0.25) is 0 Å². The van der Waals surface area contributed by atoms with Crippen molar-refractivity contribution in [3.05, 3.63) is 29.3 Å². The fraction of sp³-hybridized carbons (Fsp3) is 0.684. The van der Waals surface area contributed by atoms with Crippen LogP contribution in [0.5, 0.6) is 5.75 Å². The van der Waals surface area contributed by atoms with Crippen molar-refractivity contribution in [1.29, 1.82) is 0 Å². The highest BCUT2D eigenvalue weighted by molar-refractivity contribution is 5.35. The molecule has 0 spiro atoms. The van der Waals surface area contributed by atoms with Crippen LogP contribution in [0.25, 0.3) is 0 Å². The third-order valence-corrected chi connectivity index (χ3v) is 4.40. The van der Waals surface area contributed by atoms with Crippen molar-refractivity contribution in [3.63, 3.8) is 0 Å². The molecule has 0 aromatic heterocycles. The van der Waals surface area contributed by atoms with Crippen LogP contribution in [0.15, 0.2) is 18.2 Å². The zero-order valence-corrected chi connectivity index (χ0v) is 14.2. The first-order valence-electron chi connectivity index (χ1n) is 8.47. The number of unbranched alkanes of at least 4 members (excludes halogenated alkanes) is 1. The van der Waals surface area contributed by atoms with E-state index in [1.54, 1.807) is 0 Å². The van der Waals surface area contributed by atoms with Crippen molar-refractivity contribution in [2.45, 2.75) is 47.0 Å². The summed E-state index contributed by atoms with van der Waals surface area (Å²) >= 11 is 0. The summed E-state index contributed by atoms with van der Waals surface area (Å²) < 4.78 is 5.90. The largest absolute Gasteiger partial charge is 0.493 e. The van der Waals surface area contributed by atoms with Gasteiger partial charge in [0.1, 0.15) is 5.75 Å². The summed E-state index contributed by atoms with van der Waals surface area (Å²) in [6, 6.07) is 6.41. The Kier molecular flexibility index (Phi) is 6.10.